The molecule has 0 saturated heterocycles. The number of hydrogen-bond donors (Lipinski definition) is 2. The Morgan fingerprint density at radius 1 is 1.07 bits per heavy atom. The molecule has 1 aromatic rings. The molecule has 4 aliphatic rings. The molecule has 27 heavy (non-hydrogen) atoms. The summed E-state index contributed by atoms with van der Waals surface area (Å²) < 4.78 is 27.0. The second-order valence-electron chi connectivity index (χ2n) is 9.03. The second kappa shape index (κ2) is 7.21. The van der Waals surface area contributed by atoms with E-state index in [0.29, 0.717) is 0 Å². The van der Waals surface area contributed by atoms with Crippen LogP contribution in [0.5, 0.6) is 0 Å². The molecule has 5 nitrogen and oxygen atoms in total. The van der Waals surface area contributed by atoms with Crippen LogP contribution in [-0.2, 0) is 14.8 Å². The van der Waals surface area contributed by atoms with E-state index in [1.807, 2.05) is 0 Å². The quantitative estimate of drug-likeness (QED) is 0.751. The Hall–Kier alpha value is -1.40. The highest BCUT2D eigenvalue weighted by molar-refractivity contribution is 7.89. The van der Waals surface area contributed by atoms with Gasteiger partial charge in [0.05, 0.1) is 4.90 Å². The van der Waals surface area contributed by atoms with Gasteiger partial charge in [0.2, 0.25) is 15.9 Å². The molecule has 1 aromatic carbocycles. The molecule has 1 amide bonds. The third-order valence-corrected chi connectivity index (χ3v) is 8.56. The van der Waals surface area contributed by atoms with Crippen LogP contribution < -0.4 is 10.0 Å². The van der Waals surface area contributed by atoms with Crippen LogP contribution in [0.25, 0.3) is 0 Å². The fraction of sp³-hybridized carbons (Fsp3) is 0.667. The van der Waals surface area contributed by atoms with Crippen LogP contribution in [-0.4, -0.2) is 26.9 Å². The van der Waals surface area contributed by atoms with Crippen molar-refractivity contribution in [2.24, 2.45) is 23.2 Å². The van der Waals surface area contributed by atoms with Gasteiger partial charge in [0.25, 0.3) is 0 Å². The van der Waals surface area contributed by atoms with Crippen molar-refractivity contribution in [3.8, 4) is 0 Å². The van der Waals surface area contributed by atoms with Gasteiger partial charge >= 0.3 is 0 Å². The number of carbonyl (C=O) groups is 1. The zero-order valence-electron chi connectivity index (χ0n) is 16.0. The third-order valence-electron chi connectivity index (χ3n) is 7.08. The van der Waals surface area contributed by atoms with Crippen molar-refractivity contribution in [1.82, 2.24) is 10.0 Å². The Morgan fingerprint density at radius 3 is 2.19 bits per heavy atom. The molecule has 0 spiro atoms. The monoisotopic (exact) mass is 390 g/mol. The minimum atomic E-state index is -3.55. The molecule has 2 N–H and O–H groups in total. The van der Waals surface area contributed by atoms with Crippen molar-refractivity contribution in [1.29, 1.82) is 0 Å². The Kier molecular flexibility index (Phi) is 5.06. The van der Waals surface area contributed by atoms with Crippen molar-refractivity contribution in [2.45, 2.75) is 62.8 Å². The highest BCUT2D eigenvalue weighted by Crippen LogP contribution is 2.61. The van der Waals surface area contributed by atoms with Crippen molar-refractivity contribution >= 4 is 15.9 Å². The van der Waals surface area contributed by atoms with E-state index < -0.39 is 10.0 Å². The molecule has 0 aromatic heterocycles. The molecule has 4 bridgehead atoms. The summed E-state index contributed by atoms with van der Waals surface area (Å²) in [6.07, 6.45) is 8.09. The first kappa shape index (κ1) is 18.9. The normalized spacial score (nSPS) is 33.0. The first-order valence-corrected chi connectivity index (χ1v) is 11.7. The van der Waals surface area contributed by atoms with Gasteiger partial charge in [0.1, 0.15) is 0 Å². The molecule has 4 saturated carbocycles. The lowest BCUT2D eigenvalue weighted by molar-refractivity contribution is -0.125. The van der Waals surface area contributed by atoms with Gasteiger partial charge in [-0.3, -0.25) is 4.79 Å². The predicted molar refractivity (Wildman–Crippen MR) is 104 cm³/mol. The minimum absolute atomic E-state index is 0.0611. The summed E-state index contributed by atoms with van der Waals surface area (Å²) in [5, 5.41) is 3.19. The highest BCUT2D eigenvalue weighted by atomic mass is 32.2. The van der Waals surface area contributed by atoms with Gasteiger partial charge in [-0.25, -0.2) is 13.1 Å². The van der Waals surface area contributed by atoms with Crippen LogP contribution in [0.3, 0.4) is 0 Å². The van der Waals surface area contributed by atoms with E-state index in [0.717, 1.165) is 17.8 Å². The molecule has 6 heteroatoms. The number of amides is 1. The molecule has 0 heterocycles. The average molecular weight is 391 g/mol. The topological polar surface area (TPSA) is 75.3 Å². The maximum absolute atomic E-state index is 12.4. The van der Waals surface area contributed by atoms with E-state index in [1.165, 1.54) is 38.5 Å². The third kappa shape index (κ3) is 3.92. The fourth-order valence-electron chi connectivity index (χ4n) is 6.16. The number of rotatable bonds is 7. The summed E-state index contributed by atoms with van der Waals surface area (Å²) in [5.41, 5.74) is 0.272. The highest BCUT2D eigenvalue weighted by Gasteiger charge is 2.53. The largest absolute Gasteiger partial charge is 0.353 e. The van der Waals surface area contributed by atoms with Crippen LogP contribution in [0.1, 0.15) is 51.9 Å². The molecular weight excluding hydrogens is 360 g/mol. The van der Waals surface area contributed by atoms with Crippen LogP contribution in [0, 0.1) is 23.2 Å². The summed E-state index contributed by atoms with van der Waals surface area (Å²) in [7, 11) is -3.55. The van der Waals surface area contributed by atoms with E-state index in [-0.39, 0.29) is 35.2 Å². The van der Waals surface area contributed by atoms with Crippen LogP contribution in [0.2, 0.25) is 0 Å². The standard InChI is InChI=1S/C21H30N2O3S/c1-15(21-12-16-9-17(13-21)11-18(10-16)14-21)23-20(24)7-8-22-27(25,26)19-5-3-2-4-6-19/h2-6,15-18,22H,7-14H2,1H3,(H,23,24). The smallest absolute Gasteiger partial charge is 0.240 e. The van der Waals surface area contributed by atoms with E-state index in [1.54, 1.807) is 30.3 Å². The molecule has 4 fully saturated rings. The predicted octanol–water partition coefficient (Wildman–Crippen LogP) is 3.08. The molecule has 148 valence electrons. The van der Waals surface area contributed by atoms with Gasteiger partial charge < -0.3 is 5.32 Å². The first-order valence-electron chi connectivity index (χ1n) is 10.2. The van der Waals surface area contributed by atoms with Crippen molar-refractivity contribution in [3.05, 3.63) is 30.3 Å². The molecule has 5 rings (SSSR count). The summed E-state index contributed by atoms with van der Waals surface area (Å²) in [4.78, 5) is 12.7. The van der Waals surface area contributed by atoms with Crippen molar-refractivity contribution in [3.63, 3.8) is 0 Å². The lowest BCUT2D eigenvalue weighted by Gasteiger charge is -2.59. The lowest BCUT2D eigenvalue weighted by atomic mass is 9.48. The average Bonchev–Trinajstić information content (AvgIpc) is 2.61. The molecular formula is C21H30N2O3S. The maximum atomic E-state index is 12.4. The maximum Gasteiger partial charge on any atom is 0.240 e. The lowest BCUT2D eigenvalue weighted by Crippen LogP contribution is -2.56. The van der Waals surface area contributed by atoms with E-state index in [4.69, 9.17) is 0 Å². The van der Waals surface area contributed by atoms with Crippen LogP contribution in [0.4, 0.5) is 0 Å². The molecule has 0 radical (unpaired) electrons. The van der Waals surface area contributed by atoms with Gasteiger partial charge in [0.15, 0.2) is 0 Å². The van der Waals surface area contributed by atoms with Gasteiger partial charge in [0, 0.05) is 19.0 Å². The number of benzene rings is 1. The second-order valence-corrected chi connectivity index (χ2v) is 10.8. The number of sulfonamides is 1. The Balaban J connectivity index is 1.29. The molecule has 1 unspecified atom stereocenters. The van der Waals surface area contributed by atoms with Gasteiger partial charge in [-0.15, -0.1) is 0 Å². The van der Waals surface area contributed by atoms with Crippen molar-refractivity contribution < 1.29 is 13.2 Å². The van der Waals surface area contributed by atoms with Gasteiger partial charge in [-0.05, 0) is 80.8 Å². The number of nitrogens with one attached hydrogen (secondary N) is 2. The van der Waals surface area contributed by atoms with Crippen LogP contribution in [0.15, 0.2) is 35.2 Å². The molecule has 1 atom stereocenters. The number of hydrogen-bond acceptors (Lipinski definition) is 3. The zero-order valence-corrected chi connectivity index (χ0v) is 16.8. The Labute approximate surface area is 162 Å². The fourth-order valence-corrected chi connectivity index (χ4v) is 7.21. The van der Waals surface area contributed by atoms with Gasteiger partial charge in [-0.1, -0.05) is 18.2 Å². The summed E-state index contributed by atoms with van der Waals surface area (Å²) in [5.74, 6) is 2.50. The summed E-state index contributed by atoms with van der Waals surface area (Å²) in [6.45, 7) is 2.27. The summed E-state index contributed by atoms with van der Waals surface area (Å²) in [6, 6.07) is 8.43. The van der Waals surface area contributed by atoms with Crippen LogP contribution >= 0.6 is 0 Å². The molecule has 0 aliphatic heterocycles. The van der Waals surface area contributed by atoms with E-state index >= 15 is 0 Å². The van der Waals surface area contributed by atoms with E-state index in [2.05, 4.69) is 17.0 Å². The van der Waals surface area contributed by atoms with Crippen molar-refractivity contribution in [2.75, 3.05) is 6.54 Å². The summed E-state index contributed by atoms with van der Waals surface area (Å²) >= 11 is 0. The van der Waals surface area contributed by atoms with E-state index in [9.17, 15) is 13.2 Å². The number of carbonyl (C=O) groups excluding carboxylic acids is 1. The van der Waals surface area contributed by atoms with Gasteiger partial charge in [-0.2, -0.15) is 0 Å². The Bertz CT molecular complexity index is 756. The zero-order chi connectivity index (χ0) is 19.1. The Morgan fingerprint density at radius 2 is 1.63 bits per heavy atom. The minimum Gasteiger partial charge on any atom is -0.353 e. The molecule has 4 aliphatic carbocycles. The SMILES string of the molecule is CC(NC(=O)CCNS(=O)(=O)c1ccccc1)C12CC3CC(CC(C3)C1)C2. The first-order chi connectivity index (χ1) is 12.9.